The van der Waals surface area contributed by atoms with E-state index in [1.807, 2.05) is 33.9 Å². The predicted octanol–water partition coefficient (Wildman–Crippen LogP) is 3.88. The molecule has 1 aliphatic heterocycles. The minimum atomic E-state index is -0.451. The fourth-order valence-corrected chi connectivity index (χ4v) is 3.48. The number of aryl methyl sites for hydroxylation is 1. The summed E-state index contributed by atoms with van der Waals surface area (Å²) in [5.41, 5.74) is 1.51. The fourth-order valence-electron chi connectivity index (χ4n) is 3.29. The number of halogens is 1. The van der Waals surface area contributed by atoms with Crippen LogP contribution in [0.15, 0.2) is 12.4 Å². The van der Waals surface area contributed by atoms with Crippen molar-refractivity contribution in [1.29, 1.82) is 0 Å². The molecular weight excluding hydrogens is 340 g/mol. The number of hydrogen-bond donors (Lipinski definition) is 0. The molecule has 0 bridgehead atoms. The monoisotopic (exact) mass is 364 g/mol. The van der Waals surface area contributed by atoms with Crippen molar-refractivity contribution < 1.29 is 9.53 Å². The van der Waals surface area contributed by atoms with Crippen molar-refractivity contribution in [2.24, 2.45) is 5.92 Å². The Labute approximate surface area is 153 Å². The third kappa shape index (κ3) is 4.06. The molecule has 0 aliphatic carbocycles. The standard InChI is InChI=1S/C18H25ClN4O2/c1-12-20-11-15-16(19)21-10-14(23(12)15)9-13-5-7-22(8-6-13)17(24)25-18(2,3)4/h10-11,13H,5-9H2,1-4H3. The van der Waals surface area contributed by atoms with Crippen LogP contribution >= 0.6 is 11.6 Å². The molecule has 0 spiro atoms. The second kappa shape index (κ2) is 6.83. The van der Waals surface area contributed by atoms with Gasteiger partial charge in [0.25, 0.3) is 0 Å². The number of fused-ring (bicyclic) bond motifs is 1. The number of imidazole rings is 1. The zero-order valence-electron chi connectivity index (χ0n) is 15.3. The molecule has 2 aromatic rings. The Morgan fingerprint density at radius 3 is 2.60 bits per heavy atom. The van der Waals surface area contributed by atoms with E-state index in [4.69, 9.17) is 16.3 Å². The summed E-state index contributed by atoms with van der Waals surface area (Å²) < 4.78 is 7.54. The predicted molar refractivity (Wildman–Crippen MR) is 97.0 cm³/mol. The number of amides is 1. The van der Waals surface area contributed by atoms with Crippen LogP contribution in [0.4, 0.5) is 4.79 Å². The van der Waals surface area contributed by atoms with E-state index in [9.17, 15) is 4.79 Å². The Balaban J connectivity index is 1.64. The lowest BCUT2D eigenvalue weighted by Gasteiger charge is -2.33. The molecule has 0 N–H and O–H groups in total. The number of aromatic nitrogens is 3. The topological polar surface area (TPSA) is 59.7 Å². The minimum absolute atomic E-state index is 0.216. The Hall–Kier alpha value is -1.82. The molecule has 1 aliphatic rings. The van der Waals surface area contributed by atoms with Crippen LogP contribution in [0.2, 0.25) is 5.15 Å². The van der Waals surface area contributed by atoms with Crippen LogP contribution in [0, 0.1) is 12.8 Å². The maximum atomic E-state index is 12.2. The van der Waals surface area contributed by atoms with Gasteiger partial charge in [-0.2, -0.15) is 0 Å². The van der Waals surface area contributed by atoms with Crippen LogP contribution in [-0.4, -0.2) is 44.1 Å². The van der Waals surface area contributed by atoms with Crippen molar-refractivity contribution in [2.75, 3.05) is 13.1 Å². The van der Waals surface area contributed by atoms with E-state index in [0.29, 0.717) is 11.1 Å². The maximum absolute atomic E-state index is 12.2. The van der Waals surface area contributed by atoms with Gasteiger partial charge in [-0.25, -0.2) is 14.8 Å². The number of piperidine rings is 1. The normalized spacial score (nSPS) is 16.4. The maximum Gasteiger partial charge on any atom is 0.410 e. The molecule has 3 rings (SSSR count). The number of hydrogen-bond acceptors (Lipinski definition) is 4. The zero-order valence-corrected chi connectivity index (χ0v) is 16.0. The summed E-state index contributed by atoms with van der Waals surface area (Å²) in [6.07, 6.45) is 6.20. The van der Waals surface area contributed by atoms with E-state index in [1.165, 1.54) is 0 Å². The van der Waals surface area contributed by atoms with Crippen LogP contribution in [0.5, 0.6) is 0 Å². The molecule has 2 aromatic heterocycles. The molecule has 1 fully saturated rings. The van der Waals surface area contributed by atoms with Gasteiger partial charge in [-0.1, -0.05) is 11.6 Å². The van der Waals surface area contributed by atoms with Gasteiger partial charge in [0.2, 0.25) is 0 Å². The van der Waals surface area contributed by atoms with Gasteiger partial charge in [0.05, 0.1) is 6.20 Å². The van der Waals surface area contributed by atoms with Crippen molar-refractivity contribution in [1.82, 2.24) is 19.3 Å². The van der Waals surface area contributed by atoms with Crippen molar-refractivity contribution in [3.63, 3.8) is 0 Å². The molecule has 0 radical (unpaired) electrons. The molecule has 1 amide bonds. The quantitative estimate of drug-likeness (QED) is 0.811. The van der Waals surface area contributed by atoms with Crippen molar-refractivity contribution >= 4 is 23.2 Å². The fraction of sp³-hybridized carbons (Fsp3) is 0.611. The number of likely N-dealkylation sites (tertiary alicyclic amines) is 1. The first kappa shape index (κ1) is 18.0. The van der Waals surface area contributed by atoms with Gasteiger partial charge in [0.15, 0.2) is 5.15 Å². The molecule has 0 atom stereocenters. The molecule has 7 heteroatoms. The highest BCUT2D eigenvalue weighted by molar-refractivity contribution is 6.32. The summed E-state index contributed by atoms with van der Waals surface area (Å²) in [7, 11) is 0. The largest absolute Gasteiger partial charge is 0.444 e. The van der Waals surface area contributed by atoms with Gasteiger partial charge in [-0.15, -0.1) is 0 Å². The lowest BCUT2D eigenvalue weighted by atomic mass is 9.92. The summed E-state index contributed by atoms with van der Waals surface area (Å²) >= 11 is 6.16. The highest BCUT2D eigenvalue weighted by atomic mass is 35.5. The summed E-state index contributed by atoms with van der Waals surface area (Å²) in [5, 5.41) is 0.476. The third-order valence-corrected chi connectivity index (χ3v) is 4.82. The Morgan fingerprint density at radius 2 is 1.96 bits per heavy atom. The average molecular weight is 365 g/mol. The van der Waals surface area contributed by atoms with Gasteiger partial charge >= 0.3 is 6.09 Å². The van der Waals surface area contributed by atoms with Crippen LogP contribution in [0.3, 0.4) is 0 Å². The Kier molecular flexibility index (Phi) is 4.91. The average Bonchev–Trinajstić information content (AvgIpc) is 2.92. The van der Waals surface area contributed by atoms with Crippen molar-refractivity contribution in [2.45, 2.75) is 52.6 Å². The molecule has 6 nitrogen and oxygen atoms in total. The van der Waals surface area contributed by atoms with E-state index in [-0.39, 0.29) is 6.09 Å². The minimum Gasteiger partial charge on any atom is -0.444 e. The summed E-state index contributed by atoms with van der Waals surface area (Å²) in [5.74, 6) is 1.42. The molecule has 0 unspecified atom stereocenters. The molecule has 0 saturated carbocycles. The molecule has 1 saturated heterocycles. The lowest BCUT2D eigenvalue weighted by Crippen LogP contribution is -2.42. The van der Waals surface area contributed by atoms with Gasteiger partial charge in [0, 0.05) is 25.0 Å². The van der Waals surface area contributed by atoms with Crippen LogP contribution in [0.25, 0.3) is 5.52 Å². The molecule has 136 valence electrons. The van der Waals surface area contributed by atoms with Gasteiger partial charge in [-0.05, 0) is 52.9 Å². The SMILES string of the molecule is Cc1ncc2c(Cl)ncc(CC3CCN(C(=O)OC(C)(C)C)CC3)n12. The van der Waals surface area contributed by atoms with E-state index < -0.39 is 5.60 Å². The van der Waals surface area contributed by atoms with Gasteiger partial charge in [-0.3, -0.25) is 4.40 Å². The number of ether oxygens (including phenoxy) is 1. The zero-order chi connectivity index (χ0) is 18.2. The molecule has 3 heterocycles. The number of nitrogens with zero attached hydrogens (tertiary/aromatic N) is 4. The first-order valence-corrected chi connectivity index (χ1v) is 9.08. The molecule has 0 aromatic carbocycles. The second-order valence-corrected chi connectivity index (χ2v) is 8.04. The van der Waals surface area contributed by atoms with Crippen LogP contribution in [0.1, 0.15) is 45.1 Å². The molecule has 25 heavy (non-hydrogen) atoms. The van der Waals surface area contributed by atoms with E-state index >= 15 is 0 Å². The summed E-state index contributed by atoms with van der Waals surface area (Å²) in [6.45, 7) is 9.11. The second-order valence-electron chi connectivity index (χ2n) is 7.68. The first-order valence-electron chi connectivity index (χ1n) is 8.70. The Morgan fingerprint density at radius 1 is 1.28 bits per heavy atom. The van der Waals surface area contributed by atoms with Gasteiger partial charge < -0.3 is 9.64 Å². The Bertz CT molecular complexity index is 773. The highest BCUT2D eigenvalue weighted by Gasteiger charge is 2.27. The van der Waals surface area contributed by atoms with E-state index in [1.54, 1.807) is 11.1 Å². The summed E-state index contributed by atoms with van der Waals surface area (Å²) in [4.78, 5) is 22.6. The van der Waals surface area contributed by atoms with E-state index in [0.717, 1.165) is 49.4 Å². The van der Waals surface area contributed by atoms with Crippen LogP contribution in [-0.2, 0) is 11.2 Å². The van der Waals surface area contributed by atoms with Crippen LogP contribution < -0.4 is 0 Å². The third-order valence-electron chi connectivity index (χ3n) is 4.53. The van der Waals surface area contributed by atoms with E-state index in [2.05, 4.69) is 14.4 Å². The van der Waals surface area contributed by atoms with Crippen molar-refractivity contribution in [3.8, 4) is 0 Å². The molecular formula is C18H25ClN4O2. The smallest absolute Gasteiger partial charge is 0.410 e. The highest BCUT2D eigenvalue weighted by Crippen LogP contribution is 2.25. The van der Waals surface area contributed by atoms with Gasteiger partial charge in [0.1, 0.15) is 16.9 Å². The number of carbonyl (C=O) groups is 1. The van der Waals surface area contributed by atoms with Crippen molar-refractivity contribution in [3.05, 3.63) is 29.1 Å². The number of carbonyl (C=O) groups excluding carboxylic acids is 1. The summed E-state index contributed by atoms with van der Waals surface area (Å²) in [6, 6.07) is 0. The first-order chi connectivity index (χ1) is 11.7. The lowest BCUT2D eigenvalue weighted by molar-refractivity contribution is 0.0184. The number of rotatable bonds is 2.